The summed E-state index contributed by atoms with van der Waals surface area (Å²) >= 11 is 0. The van der Waals surface area contributed by atoms with E-state index >= 15 is 17.6 Å². The van der Waals surface area contributed by atoms with E-state index in [0.717, 1.165) is 59.7 Å². The third-order valence-corrected chi connectivity index (χ3v) is 13.5. The van der Waals surface area contributed by atoms with Gasteiger partial charge in [0.1, 0.15) is 0 Å². The fourth-order valence-electron chi connectivity index (χ4n) is 10.1. The van der Waals surface area contributed by atoms with Gasteiger partial charge in [-0.15, -0.1) is 0 Å². The Morgan fingerprint density at radius 1 is 0.153 bits per heavy atom. The number of benzene rings is 12. The summed E-state index contributed by atoms with van der Waals surface area (Å²) < 4.78 is 121. The van der Waals surface area contributed by atoms with Gasteiger partial charge in [-0.25, -0.2) is 35.1 Å². The second kappa shape index (κ2) is 17.5. The van der Waals surface area contributed by atoms with Gasteiger partial charge in [-0.05, 0) is 218 Å². The van der Waals surface area contributed by atoms with Crippen LogP contribution in [0.5, 0.6) is 0 Å². The van der Waals surface area contributed by atoms with Crippen LogP contribution in [0.3, 0.4) is 0 Å². The highest BCUT2D eigenvalue weighted by atomic mass is 19.2. The van der Waals surface area contributed by atoms with Crippen LogP contribution in [0.2, 0.25) is 0 Å². The molecule has 0 N–H and O–H groups in total. The summed E-state index contributed by atoms with van der Waals surface area (Å²) in [5.41, 5.74) is 9.00. The summed E-state index contributed by atoms with van der Waals surface area (Å²) in [7, 11) is 0. The van der Waals surface area contributed by atoms with Crippen LogP contribution < -0.4 is 0 Å². The number of fused-ring (bicyclic) bond motifs is 4. The van der Waals surface area contributed by atoms with Gasteiger partial charge in [-0.2, -0.15) is 0 Å². The highest BCUT2D eigenvalue weighted by Gasteiger charge is 2.24. The van der Waals surface area contributed by atoms with E-state index in [0.29, 0.717) is 110 Å². The van der Waals surface area contributed by atoms with E-state index in [2.05, 4.69) is 0 Å². The zero-order chi connectivity index (χ0) is 49.4. The maximum absolute atomic E-state index is 15.3. The Morgan fingerprint density at radius 3 is 0.542 bits per heavy atom. The molecular formula is C64H34F8. The Kier molecular flexibility index (Phi) is 10.8. The van der Waals surface area contributed by atoms with Crippen LogP contribution in [0.25, 0.3) is 121 Å². The van der Waals surface area contributed by atoms with E-state index < -0.39 is 46.5 Å². The van der Waals surface area contributed by atoms with Crippen molar-refractivity contribution < 1.29 is 35.1 Å². The highest BCUT2D eigenvalue weighted by molar-refractivity contribution is 6.09. The molecule has 0 nitrogen and oxygen atoms in total. The van der Waals surface area contributed by atoms with Crippen molar-refractivity contribution in [2.75, 3.05) is 0 Å². The first kappa shape index (κ1) is 44.3. The molecule has 0 aliphatic heterocycles. The maximum atomic E-state index is 15.3. The van der Waals surface area contributed by atoms with Gasteiger partial charge in [0.2, 0.25) is 0 Å². The lowest BCUT2D eigenvalue weighted by Gasteiger charge is -2.22. The van der Waals surface area contributed by atoms with Crippen LogP contribution in [-0.2, 0) is 0 Å². The van der Waals surface area contributed by atoms with Crippen molar-refractivity contribution >= 4 is 43.1 Å². The van der Waals surface area contributed by atoms with Gasteiger partial charge in [-0.1, -0.05) is 109 Å². The molecule has 12 rings (SSSR count). The minimum absolute atomic E-state index is 0.345. The van der Waals surface area contributed by atoms with Crippen LogP contribution in [0.1, 0.15) is 0 Å². The lowest BCUT2D eigenvalue weighted by molar-refractivity contribution is 0.511. The lowest BCUT2D eigenvalue weighted by atomic mass is 9.81. The zero-order valence-electron chi connectivity index (χ0n) is 37.7. The molecule has 0 heterocycles. The van der Waals surface area contributed by atoms with Crippen LogP contribution in [0.4, 0.5) is 35.1 Å². The Morgan fingerprint density at radius 2 is 0.319 bits per heavy atom. The predicted octanol–water partition coefficient (Wildman–Crippen LogP) is 19.1. The molecule has 0 saturated heterocycles. The van der Waals surface area contributed by atoms with E-state index in [9.17, 15) is 17.6 Å². The van der Waals surface area contributed by atoms with Crippen molar-refractivity contribution in [2.24, 2.45) is 0 Å². The molecule has 346 valence electrons. The molecule has 72 heavy (non-hydrogen) atoms. The second-order valence-electron chi connectivity index (χ2n) is 17.9. The second-order valence-corrected chi connectivity index (χ2v) is 17.9. The van der Waals surface area contributed by atoms with Gasteiger partial charge in [0.25, 0.3) is 0 Å². The van der Waals surface area contributed by atoms with Gasteiger partial charge in [0.15, 0.2) is 46.5 Å². The van der Waals surface area contributed by atoms with Crippen molar-refractivity contribution in [2.45, 2.75) is 0 Å². The average Bonchev–Trinajstić information content (AvgIpc) is 3.39. The van der Waals surface area contributed by atoms with E-state index in [1.165, 1.54) is 0 Å². The molecule has 0 radical (unpaired) electrons. The van der Waals surface area contributed by atoms with E-state index in [1.807, 2.05) is 121 Å². The van der Waals surface area contributed by atoms with E-state index in [-0.39, 0.29) is 0 Å². The first-order valence-electron chi connectivity index (χ1n) is 23.0. The van der Waals surface area contributed by atoms with Crippen molar-refractivity contribution in [3.8, 4) is 77.9 Å². The molecule has 0 unspecified atom stereocenters. The normalized spacial score (nSPS) is 11.6. The monoisotopic (exact) mass is 954 g/mol. The van der Waals surface area contributed by atoms with E-state index in [4.69, 9.17) is 0 Å². The fraction of sp³-hybridized carbons (Fsp3) is 0. The summed E-state index contributed by atoms with van der Waals surface area (Å²) in [5.74, 6) is -8.27. The molecule has 0 aromatic heterocycles. The molecule has 0 fully saturated rings. The molecule has 0 atom stereocenters. The predicted molar refractivity (Wildman–Crippen MR) is 274 cm³/mol. The fourth-order valence-corrected chi connectivity index (χ4v) is 10.1. The SMILES string of the molecule is Fc1cc2cc(-c3ccccc3)c(-c3ccccc3-c3cc4cc(F)c(F)cc4cc3-c3cc4cc(F)c(F)cc4cc3-c3ccccc3-c3cc4cc(F)c(F)cc4cc3-c3ccccc3)cc2cc1F. The summed E-state index contributed by atoms with van der Waals surface area (Å²) in [6.07, 6.45) is 0. The van der Waals surface area contributed by atoms with Crippen molar-refractivity contribution in [3.63, 3.8) is 0 Å². The van der Waals surface area contributed by atoms with Gasteiger partial charge in [0, 0.05) is 0 Å². The maximum Gasteiger partial charge on any atom is 0.159 e. The smallest absolute Gasteiger partial charge is 0.159 e. The Labute approximate surface area is 407 Å². The highest BCUT2D eigenvalue weighted by Crippen LogP contribution is 2.49. The molecule has 0 saturated carbocycles. The molecule has 8 heteroatoms. The van der Waals surface area contributed by atoms with Crippen LogP contribution in [0, 0.1) is 46.5 Å². The lowest BCUT2D eigenvalue weighted by Crippen LogP contribution is -1.97. The summed E-state index contributed by atoms with van der Waals surface area (Å²) in [5, 5.41) is 3.24. The van der Waals surface area contributed by atoms with Crippen molar-refractivity contribution in [3.05, 3.63) is 253 Å². The van der Waals surface area contributed by atoms with Gasteiger partial charge >= 0.3 is 0 Å². The summed E-state index contributed by atoms with van der Waals surface area (Å²) in [6, 6.07) is 57.2. The van der Waals surface area contributed by atoms with Gasteiger partial charge in [-0.3, -0.25) is 0 Å². The summed E-state index contributed by atoms with van der Waals surface area (Å²) in [6.45, 7) is 0. The first-order valence-corrected chi connectivity index (χ1v) is 23.0. The van der Waals surface area contributed by atoms with Gasteiger partial charge in [0.05, 0.1) is 0 Å². The molecule has 12 aromatic rings. The Balaban J connectivity index is 1.18. The molecular weight excluding hydrogens is 921 g/mol. The Bertz CT molecular complexity index is 3910. The third kappa shape index (κ3) is 7.72. The standard InChI is InChI=1S/C64H34F8/c65-57-27-37-19-49(35-11-3-1-4-12-35)51(21-39(37)29-59(57)67)45-15-7-9-17-47(45)53-23-41-31-61(69)63(71)33-43(41)25-55(53)56-26-44-34-64(72)62(70)32-42(44)24-54(56)48-18-10-8-16-46(48)52-22-40-30-60(68)58(66)28-38(40)20-50(52)36-13-5-2-6-14-36/h1-34H. The number of hydrogen-bond acceptors (Lipinski definition) is 0. The van der Waals surface area contributed by atoms with Crippen LogP contribution in [-0.4, -0.2) is 0 Å². The minimum atomic E-state index is -1.07. The quantitative estimate of drug-likeness (QED) is 0.140. The third-order valence-electron chi connectivity index (χ3n) is 13.5. The van der Waals surface area contributed by atoms with Crippen LogP contribution in [0.15, 0.2) is 206 Å². The number of rotatable bonds is 7. The average molecular weight is 955 g/mol. The largest absolute Gasteiger partial charge is 0.204 e. The van der Waals surface area contributed by atoms with Crippen LogP contribution >= 0.6 is 0 Å². The summed E-state index contributed by atoms with van der Waals surface area (Å²) in [4.78, 5) is 0. The van der Waals surface area contributed by atoms with Crippen molar-refractivity contribution in [1.29, 1.82) is 0 Å². The molecule has 0 spiro atoms. The van der Waals surface area contributed by atoms with E-state index in [1.54, 1.807) is 36.4 Å². The zero-order valence-corrected chi connectivity index (χ0v) is 37.7. The number of hydrogen-bond donors (Lipinski definition) is 0. The molecule has 0 amide bonds. The Hall–Kier alpha value is -8.88. The topological polar surface area (TPSA) is 0 Å². The van der Waals surface area contributed by atoms with Gasteiger partial charge < -0.3 is 0 Å². The van der Waals surface area contributed by atoms with Crippen molar-refractivity contribution in [1.82, 2.24) is 0 Å². The number of halogens is 8. The molecule has 0 aliphatic carbocycles. The molecule has 12 aromatic carbocycles. The minimum Gasteiger partial charge on any atom is -0.204 e. The molecule has 0 bridgehead atoms. The first-order chi connectivity index (χ1) is 34.9. The molecule has 0 aliphatic rings.